The van der Waals surface area contributed by atoms with Gasteiger partial charge in [0.1, 0.15) is 6.04 Å². The summed E-state index contributed by atoms with van der Waals surface area (Å²) in [6.07, 6.45) is 3.17. The highest BCUT2D eigenvalue weighted by Gasteiger charge is 2.28. The van der Waals surface area contributed by atoms with Gasteiger partial charge in [0.15, 0.2) is 0 Å². The molecule has 0 bridgehead atoms. The van der Waals surface area contributed by atoms with Crippen LogP contribution in [-0.2, 0) is 4.79 Å². The van der Waals surface area contributed by atoms with Gasteiger partial charge in [-0.25, -0.2) is 9.79 Å². The first kappa shape index (κ1) is 11.0. The fraction of sp³-hybridized carbons (Fsp3) is 0.0769. The summed E-state index contributed by atoms with van der Waals surface area (Å²) in [5, 5.41) is 10.6. The highest BCUT2D eigenvalue weighted by molar-refractivity contribution is 7.81. The van der Waals surface area contributed by atoms with Crippen molar-refractivity contribution >= 4 is 23.1 Å². The van der Waals surface area contributed by atoms with Gasteiger partial charge in [-0.15, -0.1) is 0 Å². The van der Waals surface area contributed by atoms with Crippen molar-refractivity contribution in [2.75, 3.05) is 0 Å². The predicted octanol–water partition coefficient (Wildman–Crippen LogP) is 0.586. The number of benzene rings is 1. The summed E-state index contributed by atoms with van der Waals surface area (Å²) < 4.78 is 0. The summed E-state index contributed by atoms with van der Waals surface area (Å²) >= 11 is 5.05. The first-order chi connectivity index (χ1) is 8.65. The maximum Gasteiger partial charge on any atom is 0.334 e. The van der Waals surface area contributed by atoms with Crippen molar-refractivity contribution in [2.45, 2.75) is 6.04 Å². The van der Waals surface area contributed by atoms with Crippen LogP contribution in [0.4, 0.5) is 0 Å². The molecule has 1 aliphatic carbocycles. The number of aliphatic carboxylic acids is 1. The van der Waals surface area contributed by atoms with Crippen molar-refractivity contribution in [3.63, 3.8) is 0 Å². The van der Waals surface area contributed by atoms with Gasteiger partial charge < -0.3 is 5.11 Å². The zero-order chi connectivity index (χ0) is 12.7. The van der Waals surface area contributed by atoms with Crippen molar-refractivity contribution in [2.24, 2.45) is 9.98 Å². The lowest BCUT2D eigenvalue weighted by Crippen LogP contribution is -2.36. The molecule has 18 heavy (non-hydrogen) atoms. The average Bonchev–Trinajstić information content (AvgIpc) is 2.35. The first-order valence-electron chi connectivity index (χ1n) is 5.37. The number of hydrogen-bond donors (Lipinski definition) is 1. The van der Waals surface area contributed by atoms with Crippen molar-refractivity contribution in [3.8, 4) is 0 Å². The molecule has 0 spiro atoms. The Morgan fingerprint density at radius 1 is 1.22 bits per heavy atom. The van der Waals surface area contributed by atoms with Crippen LogP contribution in [0.15, 0.2) is 57.7 Å². The summed E-state index contributed by atoms with van der Waals surface area (Å²) in [4.78, 5) is 20.5. The van der Waals surface area contributed by atoms with E-state index in [0.29, 0.717) is 15.9 Å². The quantitative estimate of drug-likeness (QED) is 0.748. The highest BCUT2D eigenvalue weighted by atomic mass is 32.1. The predicted molar refractivity (Wildman–Crippen MR) is 68.9 cm³/mol. The van der Waals surface area contributed by atoms with E-state index in [9.17, 15) is 9.90 Å². The van der Waals surface area contributed by atoms with Crippen molar-refractivity contribution in [3.05, 3.63) is 58.4 Å². The molecule has 1 aliphatic heterocycles. The Balaban J connectivity index is 2.26. The van der Waals surface area contributed by atoms with Crippen molar-refractivity contribution < 1.29 is 9.90 Å². The molecule has 1 atom stereocenters. The minimum Gasteiger partial charge on any atom is -0.478 e. The number of allylic oxidation sites excluding steroid dienone is 2. The van der Waals surface area contributed by atoms with Crippen LogP contribution in [0.1, 0.15) is 0 Å². The molecule has 1 N–H and O–H groups in total. The van der Waals surface area contributed by atoms with Crippen molar-refractivity contribution in [1.82, 2.24) is 0 Å². The molecule has 1 heterocycles. The molecule has 1 unspecified atom stereocenters. The smallest absolute Gasteiger partial charge is 0.334 e. The Kier molecular flexibility index (Phi) is 2.41. The molecular formula is C13H8N2O2S. The van der Waals surface area contributed by atoms with E-state index in [4.69, 9.17) is 12.2 Å². The molecule has 0 radical (unpaired) electrons. The third-order valence-electron chi connectivity index (χ3n) is 2.81. The van der Waals surface area contributed by atoms with Crippen LogP contribution < -0.4 is 10.7 Å². The van der Waals surface area contributed by atoms with E-state index in [1.54, 1.807) is 6.08 Å². The van der Waals surface area contributed by atoms with Gasteiger partial charge in [-0.3, -0.25) is 4.99 Å². The second-order valence-corrected chi connectivity index (χ2v) is 4.48. The molecule has 4 nitrogen and oxygen atoms in total. The summed E-state index contributed by atoms with van der Waals surface area (Å²) in [6, 6.07) is 6.83. The SMILES string of the molecule is O=C(O)C1=CC(=S)C=C2N=c3ccccc3=NC21. The van der Waals surface area contributed by atoms with Crippen LogP contribution in [0, 0.1) is 0 Å². The number of hydrogen-bond acceptors (Lipinski definition) is 4. The van der Waals surface area contributed by atoms with Gasteiger partial charge in [-0.2, -0.15) is 0 Å². The third kappa shape index (κ3) is 1.69. The zero-order valence-corrected chi connectivity index (χ0v) is 10.0. The molecule has 0 amide bonds. The number of para-hydroxylation sites is 2. The summed E-state index contributed by atoms with van der Waals surface area (Å²) in [5.74, 6) is -1.01. The number of thiocarbonyl (C=S) groups is 1. The number of carboxylic acid groups (broad SMARTS) is 1. The van der Waals surface area contributed by atoms with Crippen LogP contribution in [-0.4, -0.2) is 22.0 Å². The van der Waals surface area contributed by atoms with E-state index < -0.39 is 12.0 Å². The largest absolute Gasteiger partial charge is 0.478 e. The number of carboxylic acids is 1. The maximum atomic E-state index is 11.2. The van der Waals surface area contributed by atoms with E-state index in [1.165, 1.54) is 6.08 Å². The van der Waals surface area contributed by atoms with Gasteiger partial charge in [0.25, 0.3) is 0 Å². The fourth-order valence-electron chi connectivity index (χ4n) is 2.01. The molecule has 2 aliphatic rings. The number of fused-ring (bicyclic) bond motifs is 2. The molecule has 1 aromatic carbocycles. The molecular weight excluding hydrogens is 248 g/mol. The van der Waals surface area contributed by atoms with E-state index in [-0.39, 0.29) is 5.57 Å². The summed E-state index contributed by atoms with van der Waals surface area (Å²) in [6.45, 7) is 0. The topological polar surface area (TPSA) is 62.0 Å². The Morgan fingerprint density at radius 2 is 1.94 bits per heavy atom. The second-order valence-electron chi connectivity index (χ2n) is 4.01. The maximum absolute atomic E-state index is 11.2. The standard InChI is InChI=1S/C13H8N2O2S/c16-13(17)8-5-7(18)6-11-12(8)15-10-4-2-1-3-9(10)14-11/h1-6,12H,(H,16,17). The van der Waals surface area contributed by atoms with Crippen molar-refractivity contribution in [1.29, 1.82) is 0 Å². The van der Waals surface area contributed by atoms with E-state index in [1.807, 2.05) is 24.3 Å². The second kappa shape index (κ2) is 3.96. The molecule has 0 aromatic heterocycles. The fourth-order valence-corrected chi connectivity index (χ4v) is 2.26. The van der Waals surface area contributed by atoms with Gasteiger partial charge in [0.05, 0.1) is 22.0 Å². The Bertz CT molecular complexity index is 746. The molecule has 5 heteroatoms. The van der Waals surface area contributed by atoms with Crippen LogP contribution in [0.3, 0.4) is 0 Å². The lowest BCUT2D eigenvalue weighted by molar-refractivity contribution is -0.132. The Morgan fingerprint density at radius 3 is 2.67 bits per heavy atom. The molecule has 0 saturated heterocycles. The number of rotatable bonds is 1. The van der Waals surface area contributed by atoms with Crippen LogP contribution in [0.5, 0.6) is 0 Å². The van der Waals surface area contributed by atoms with Gasteiger partial charge in [0.2, 0.25) is 0 Å². The number of carbonyl (C=O) groups is 1. The monoisotopic (exact) mass is 256 g/mol. The van der Waals surface area contributed by atoms with Gasteiger partial charge in [-0.1, -0.05) is 24.4 Å². The zero-order valence-electron chi connectivity index (χ0n) is 9.20. The van der Waals surface area contributed by atoms with Crippen LogP contribution >= 0.6 is 12.2 Å². The first-order valence-corrected chi connectivity index (χ1v) is 5.78. The van der Waals surface area contributed by atoms with E-state index >= 15 is 0 Å². The number of nitrogens with zero attached hydrogens (tertiary/aromatic N) is 2. The summed E-state index contributed by atoms with van der Waals surface area (Å²) in [7, 11) is 0. The van der Waals surface area contributed by atoms with E-state index in [2.05, 4.69) is 9.98 Å². The molecule has 0 fully saturated rings. The lowest BCUT2D eigenvalue weighted by Gasteiger charge is -2.20. The van der Waals surface area contributed by atoms with Gasteiger partial charge >= 0.3 is 5.97 Å². The minimum absolute atomic E-state index is 0.177. The van der Waals surface area contributed by atoms with E-state index in [0.717, 1.165) is 5.36 Å². The molecule has 1 aromatic rings. The van der Waals surface area contributed by atoms with Gasteiger partial charge in [-0.05, 0) is 24.3 Å². The Labute approximate surface area is 108 Å². The molecule has 3 rings (SSSR count). The Hall–Kier alpha value is -2.14. The lowest BCUT2D eigenvalue weighted by atomic mass is 9.96. The third-order valence-corrected chi connectivity index (χ3v) is 3.04. The molecule has 88 valence electrons. The van der Waals surface area contributed by atoms with Crippen LogP contribution in [0.25, 0.3) is 0 Å². The normalized spacial score (nSPS) is 20.7. The van der Waals surface area contributed by atoms with Crippen LogP contribution in [0.2, 0.25) is 0 Å². The summed E-state index contributed by atoms with van der Waals surface area (Å²) in [5.41, 5.74) is 0.773. The minimum atomic E-state index is -1.01. The molecule has 0 saturated carbocycles. The highest BCUT2D eigenvalue weighted by Crippen LogP contribution is 2.23. The van der Waals surface area contributed by atoms with Gasteiger partial charge in [0, 0.05) is 4.86 Å². The average molecular weight is 256 g/mol.